The lowest BCUT2D eigenvalue weighted by atomic mass is 10.0. The molecule has 4 heteroatoms. The van der Waals surface area contributed by atoms with E-state index in [1.165, 1.54) is 0 Å². The molecule has 130 valence electrons. The molecular formula is C21H24N2O2. The molecule has 0 aromatic heterocycles. The molecule has 3 rings (SSSR count). The van der Waals surface area contributed by atoms with E-state index in [1.54, 1.807) is 0 Å². The Morgan fingerprint density at radius 3 is 2.08 bits per heavy atom. The monoisotopic (exact) mass is 336 g/mol. The van der Waals surface area contributed by atoms with Crippen LogP contribution >= 0.6 is 0 Å². The zero-order valence-electron chi connectivity index (χ0n) is 15.2. The molecule has 0 unspecified atom stereocenters. The molecule has 1 saturated carbocycles. The highest BCUT2D eigenvalue weighted by Gasteiger charge is 2.56. The van der Waals surface area contributed by atoms with Crippen molar-refractivity contribution in [1.82, 2.24) is 0 Å². The summed E-state index contributed by atoms with van der Waals surface area (Å²) < 4.78 is 0. The van der Waals surface area contributed by atoms with Gasteiger partial charge in [-0.3, -0.25) is 9.59 Å². The first-order chi connectivity index (χ1) is 11.8. The van der Waals surface area contributed by atoms with Crippen LogP contribution in [0.25, 0.3) is 0 Å². The van der Waals surface area contributed by atoms with E-state index in [-0.39, 0.29) is 11.8 Å². The highest BCUT2D eigenvalue weighted by molar-refractivity contribution is 6.17. The van der Waals surface area contributed by atoms with Crippen molar-refractivity contribution in [3.8, 4) is 0 Å². The Labute approximate surface area is 148 Å². The van der Waals surface area contributed by atoms with Crippen LogP contribution in [0.4, 0.5) is 11.4 Å². The predicted molar refractivity (Wildman–Crippen MR) is 101 cm³/mol. The highest BCUT2D eigenvalue weighted by atomic mass is 16.2. The second kappa shape index (κ2) is 6.36. The van der Waals surface area contributed by atoms with Crippen LogP contribution in [0.15, 0.2) is 36.4 Å². The quantitative estimate of drug-likeness (QED) is 0.819. The number of rotatable bonds is 4. The molecule has 1 aliphatic rings. The SMILES string of the molecule is Cc1cc(C)cc(NC(=O)C2(C(=O)Nc3cccc(C)c3C)CC2)c1. The molecule has 1 aliphatic carbocycles. The summed E-state index contributed by atoms with van der Waals surface area (Å²) >= 11 is 0. The van der Waals surface area contributed by atoms with E-state index in [0.717, 1.165) is 33.6 Å². The Morgan fingerprint density at radius 1 is 0.880 bits per heavy atom. The van der Waals surface area contributed by atoms with Gasteiger partial charge < -0.3 is 10.6 Å². The number of nitrogens with one attached hydrogen (secondary N) is 2. The topological polar surface area (TPSA) is 58.2 Å². The van der Waals surface area contributed by atoms with E-state index in [0.29, 0.717) is 12.8 Å². The molecule has 0 bridgehead atoms. The molecule has 2 aromatic rings. The molecule has 2 N–H and O–H groups in total. The summed E-state index contributed by atoms with van der Waals surface area (Å²) in [7, 11) is 0. The summed E-state index contributed by atoms with van der Waals surface area (Å²) in [6.45, 7) is 7.95. The minimum Gasteiger partial charge on any atom is -0.325 e. The second-order valence-corrected chi connectivity index (χ2v) is 7.11. The van der Waals surface area contributed by atoms with Gasteiger partial charge in [-0.2, -0.15) is 0 Å². The van der Waals surface area contributed by atoms with Gasteiger partial charge in [0.1, 0.15) is 5.41 Å². The lowest BCUT2D eigenvalue weighted by molar-refractivity contribution is -0.131. The maximum atomic E-state index is 12.8. The minimum atomic E-state index is -0.951. The van der Waals surface area contributed by atoms with E-state index >= 15 is 0 Å². The molecular weight excluding hydrogens is 312 g/mol. The smallest absolute Gasteiger partial charge is 0.240 e. The highest BCUT2D eigenvalue weighted by Crippen LogP contribution is 2.47. The van der Waals surface area contributed by atoms with E-state index in [2.05, 4.69) is 16.7 Å². The zero-order valence-corrected chi connectivity index (χ0v) is 15.2. The third-order valence-electron chi connectivity index (χ3n) is 4.95. The number of aryl methyl sites for hydroxylation is 3. The third kappa shape index (κ3) is 3.43. The third-order valence-corrected chi connectivity index (χ3v) is 4.95. The number of hydrogen-bond donors (Lipinski definition) is 2. The summed E-state index contributed by atoms with van der Waals surface area (Å²) in [5.74, 6) is -0.441. The summed E-state index contributed by atoms with van der Waals surface area (Å²) in [5, 5.41) is 5.86. The number of hydrogen-bond acceptors (Lipinski definition) is 2. The maximum Gasteiger partial charge on any atom is 0.240 e. The van der Waals surface area contributed by atoms with Crippen LogP contribution in [0.2, 0.25) is 0 Å². The zero-order chi connectivity index (χ0) is 18.2. The maximum absolute atomic E-state index is 12.8. The van der Waals surface area contributed by atoms with Crippen molar-refractivity contribution in [2.75, 3.05) is 10.6 Å². The molecule has 0 saturated heterocycles. The number of amides is 2. The Hall–Kier alpha value is -2.62. The van der Waals surface area contributed by atoms with Crippen LogP contribution in [-0.4, -0.2) is 11.8 Å². The van der Waals surface area contributed by atoms with E-state index < -0.39 is 5.41 Å². The van der Waals surface area contributed by atoms with E-state index in [9.17, 15) is 9.59 Å². The number of anilines is 2. The average Bonchev–Trinajstić information content (AvgIpc) is 3.32. The van der Waals surface area contributed by atoms with Gasteiger partial charge in [-0.15, -0.1) is 0 Å². The molecule has 4 nitrogen and oxygen atoms in total. The van der Waals surface area contributed by atoms with Crippen LogP contribution in [0.3, 0.4) is 0 Å². The predicted octanol–water partition coefficient (Wildman–Crippen LogP) is 4.28. The van der Waals surface area contributed by atoms with Gasteiger partial charge in [0, 0.05) is 11.4 Å². The summed E-state index contributed by atoms with van der Waals surface area (Å²) in [6.07, 6.45) is 1.17. The van der Waals surface area contributed by atoms with Gasteiger partial charge in [0.15, 0.2) is 0 Å². The fourth-order valence-electron chi connectivity index (χ4n) is 3.11. The Balaban J connectivity index is 1.75. The van der Waals surface area contributed by atoms with Crippen molar-refractivity contribution in [2.45, 2.75) is 40.5 Å². The lowest BCUT2D eigenvalue weighted by Gasteiger charge is -2.17. The van der Waals surface area contributed by atoms with Gasteiger partial charge in [0.25, 0.3) is 0 Å². The Bertz CT molecular complexity index is 831. The van der Waals surface area contributed by atoms with E-state index in [1.807, 2.05) is 58.0 Å². The lowest BCUT2D eigenvalue weighted by Crippen LogP contribution is -2.35. The minimum absolute atomic E-state index is 0.219. The van der Waals surface area contributed by atoms with Crippen molar-refractivity contribution in [3.05, 3.63) is 58.7 Å². The first kappa shape index (κ1) is 17.2. The Kier molecular flexibility index (Phi) is 4.38. The van der Waals surface area contributed by atoms with Gasteiger partial charge in [0.05, 0.1) is 0 Å². The normalized spacial score (nSPS) is 14.7. The van der Waals surface area contributed by atoms with Gasteiger partial charge in [-0.1, -0.05) is 18.2 Å². The van der Waals surface area contributed by atoms with E-state index in [4.69, 9.17) is 0 Å². The van der Waals surface area contributed by atoms with Crippen LogP contribution in [0.1, 0.15) is 35.1 Å². The fraction of sp³-hybridized carbons (Fsp3) is 0.333. The molecule has 0 spiro atoms. The second-order valence-electron chi connectivity index (χ2n) is 7.11. The van der Waals surface area contributed by atoms with Gasteiger partial charge in [-0.05, 0) is 81.0 Å². The van der Waals surface area contributed by atoms with Crippen molar-refractivity contribution in [1.29, 1.82) is 0 Å². The van der Waals surface area contributed by atoms with Gasteiger partial charge in [-0.25, -0.2) is 0 Å². The summed E-state index contributed by atoms with van der Waals surface area (Å²) in [5.41, 5.74) is 4.88. The fourth-order valence-corrected chi connectivity index (χ4v) is 3.11. The first-order valence-electron chi connectivity index (χ1n) is 8.59. The molecule has 0 atom stereocenters. The Morgan fingerprint density at radius 2 is 1.48 bits per heavy atom. The van der Waals surface area contributed by atoms with Crippen molar-refractivity contribution < 1.29 is 9.59 Å². The number of carbonyl (C=O) groups is 2. The van der Waals surface area contributed by atoms with Crippen LogP contribution < -0.4 is 10.6 Å². The molecule has 2 amide bonds. The standard InChI is InChI=1S/C21H24N2O2/c1-13-10-14(2)12-17(11-13)22-19(24)21(8-9-21)20(25)23-18-7-5-6-15(3)16(18)4/h5-7,10-12H,8-9H2,1-4H3,(H,22,24)(H,23,25). The first-order valence-corrected chi connectivity index (χ1v) is 8.59. The molecule has 0 aliphatic heterocycles. The number of carbonyl (C=O) groups excluding carboxylic acids is 2. The van der Waals surface area contributed by atoms with Crippen molar-refractivity contribution in [3.63, 3.8) is 0 Å². The van der Waals surface area contributed by atoms with Gasteiger partial charge in [0.2, 0.25) is 11.8 Å². The average molecular weight is 336 g/mol. The molecule has 25 heavy (non-hydrogen) atoms. The largest absolute Gasteiger partial charge is 0.325 e. The van der Waals surface area contributed by atoms with Crippen LogP contribution in [0.5, 0.6) is 0 Å². The van der Waals surface area contributed by atoms with Crippen molar-refractivity contribution >= 4 is 23.2 Å². The molecule has 0 heterocycles. The van der Waals surface area contributed by atoms with Crippen LogP contribution in [-0.2, 0) is 9.59 Å². The molecule has 1 fully saturated rings. The van der Waals surface area contributed by atoms with Crippen LogP contribution in [0, 0.1) is 33.1 Å². The number of benzene rings is 2. The summed E-state index contributed by atoms with van der Waals surface area (Å²) in [4.78, 5) is 25.5. The summed E-state index contributed by atoms with van der Waals surface area (Å²) in [6, 6.07) is 11.7. The van der Waals surface area contributed by atoms with Crippen molar-refractivity contribution in [2.24, 2.45) is 5.41 Å². The molecule has 2 aromatic carbocycles. The van der Waals surface area contributed by atoms with Gasteiger partial charge >= 0.3 is 0 Å². The molecule has 0 radical (unpaired) electrons.